The highest BCUT2D eigenvalue weighted by molar-refractivity contribution is 7.88. The van der Waals surface area contributed by atoms with Gasteiger partial charge < -0.3 is 8.92 Å². The van der Waals surface area contributed by atoms with Gasteiger partial charge in [0.05, 0.1) is 15.5 Å². The molecule has 0 aliphatic carbocycles. The van der Waals surface area contributed by atoms with Crippen molar-refractivity contribution in [2.45, 2.75) is 12.1 Å². The highest BCUT2D eigenvalue weighted by atomic mass is 35.5. The van der Waals surface area contributed by atoms with E-state index in [0.29, 0.717) is 0 Å². The van der Waals surface area contributed by atoms with Crippen LogP contribution in [0.3, 0.4) is 0 Å². The van der Waals surface area contributed by atoms with E-state index < -0.39 is 50.0 Å². The predicted octanol–water partition coefficient (Wildman–Crippen LogP) is 4.14. The van der Waals surface area contributed by atoms with E-state index in [0.717, 1.165) is 30.5 Å². The number of alkyl halides is 5. The zero-order chi connectivity index (χ0) is 21.3. The number of halogens is 6. The number of rotatable bonds is 6. The van der Waals surface area contributed by atoms with Crippen molar-refractivity contribution in [1.82, 2.24) is 4.98 Å². The molecule has 0 radical (unpaired) electrons. The zero-order valence-electron chi connectivity index (χ0n) is 13.0. The molecule has 0 N–H and O–H groups in total. The summed E-state index contributed by atoms with van der Waals surface area (Å²) in [6.45, 7) is -3.18. The van der Waals surface area contributed by atoms with Crippen LogP contribution < -0.4 is 8.92 Å². The van der Waals surface area contributed by atoms with Gasteiger partial charge in [-0.05, 0) is 24.3 Å². The summed E-state index contributed by atoms with van der Waals surface area (Å²) in [6.07, 6.45) is 0.740. The average molecular weight is 449 g/mol. The Balaban J connectivity index is 2.60. The van der Waals surface area contributed by atoms with Crippen LogP contribution in [0.15, 0.2) is 30.5 Å². The van der Waals surface area contributed by atoms with Gasteiger partial charge in [-0.3, -0.25) is 10.1 Å². The first-order valence-corrected chi connectivity index (χ1v) is 8.51. The standard InChI is InChI=1S/C13H6ClF5N2O6S/c14-9-5-6(26-12(15)16)1-2-7(9)8-3-4-20-11(10(8)21(22)23)27-28(24,25)13(17,18)19/h1-5,12H. The maximum atomic E-state index is 12.5. The molecule has 0 saturated heterocycles. The van der Waals surface area contributed by atoms with E-state index >= 15 is 0 Å². The van der Waals surface area contributed by atoms with Crippen LogP contribution in [-0.2, 0) is 10.1 Å². The Labute approximate surface area is 157 Å². The molecule has 0 spiro atoms. The van der Waals surface area contributed by atoms with E-state index in [4.69, 9.17) is 11.6 Å². The Hall–Kier alpha value is -2.74. The molecule has 0 saturated carbocycles. The molecule has 0 aliphatic heterocycles. The molecule has 0 fully saturated rings. The third-order valence-electron chi connectivity index (χ3n) is 3.00. The van der Waals surface area contributed by atoms with Crippen LogP contribution in [0.2, 0.25) is 5.02 Å². The van der Waals surface area contributed by atoms with Crippen LogP contribution in [0.5, 0.6) is 11.6 Å². The average Bonchev–Trinajstić information content (AvgIpc) is 2.52. The highest BCUT2D eigenvalue weighted by Crippen LogP contribution is 2.41. The van der Waals surface area contributed by atoms with E-state index in [2.05, 4.69) is 13.9 Å². The summed E-state index contributed by atoms with van der Waals surface area (Å²) < 4.78 is 92.0. The lowest BCUT2D eigenvalue weighted by molar-refractivity contribution is -0.385. The van der Waals surface area contributed by atoms with Gasteiger partial charge in [0.2, 0.25) is 0 Å². The Morgan fingerprint density at radius 2 is 1.82 bits per heavy atom. The molecule has 15 heteroatoms. The van der Waals surface area contributed by atoms with E-state index in [1.54, 1.807) is 0 Å². The fraction of sp³-hybridized carbons (Fsp3) is 0.154. The minimum atomic E-state index is -6.24. The minimum absolute atomic E-state index is 0.202. The van der Waals surface area contributed by atoms with E-state index in [-0.39, 0.29) is 10.6 Å². The molecule has 1 heterocycles. The third kappa shape index (κ3) is 4.56. The number of nitrogens with zero attached hydrogens (tertiary/aromatic N) is 2. The Morgan fingerprint density at radius 1 is 1.18 bits per heavy atom. The number of nitro groups is 1. The van der Waals surface area contributed by atoms with Crippen LogP contribution in [0.1, 0.15) is 0 Å². The molecule has 0 unspecified atom stereocenters. The molecular weight excluding hydrogens is 443 g/mol. The molecule has 0 atom stereocenters. The van der Waals surface area contributed by atoms with Gasteiger partial charge in [0, 0.05) is 11.8 Å². The second-order valence-electron chi connectivity index (χ2n) is 4.77. The van der Waals surface area contributed by atoms with E-state index in [9.17, 15) is 40.5 Å². The summed E-state index contributed by atoms with van der Waals surface area (Å²) in [6, 6.07) is 3.79. The monoisotopic (exact) mass is 448 g/mol. The topological polar surface area (TPSA) is 109 Å². The van der Waals surface area contributed by atoms with Crippen molar-refractivity contribution in [3.8, 4) is 22.8 Å². The fourth-order valence-electron chi connectivity index (χ4n) is 1.93. The van der Waals surface area contributed by atoms with Gasteiger partial charge in [0.25, 0.3) is 0 Å². The van der Waals surface area contributed by atoms with Crippen LogP contribution in [0, 0.1) is 10.1 Å². The molecular formula is C13H6ClF5N2O6S. The number of benzene rings is 1. The Bertz CT molecular complexity index is 1010. The lowest BCUT2D eigenvalue weighted by Crippen LogP contribution is -2.28. The molecule has 0 aliphatic rings. The third-order valence-corrected chi connectivity index (χ3v) is 4.26. The van der Waals surface area contributed by atoms with E-state index in [1.165, 1.54) is 0 Å². The van der Waals surface area contributed by atoms with Gasteiger partial charge >= 0.3 is 33.8 Å². The smallest absolute Gasteiger partial charge is 0.435 e. The van der Waals surface area contributed by atoms with Crippen LogP contribution in [0.4, 0.5) is 27.6 Å². The fourth-order valence-corrected chi connectivity index (χ4v) is 2.63. The van der Waals surface area contributed by atoms with Crippen molar-refractivity contribution < 1.29 is 44.2 Å². The summed E-state index contributed by atoms with van der Waals surface area (Å²) in [7, 11) is -6.24. The molecule has 0 amide bonds. The highest BCUT2D eigenvalue weighted by Gasteiger charge is 2.50. The van der Waals surface area contributed by atoms with Gasteiger partial charge in [0.1, 0.15) is 5.75 Å². The summed E-state index contributed by atoms with van der Waals surface area (Å²) >= 11 is 5.88. The zero-order valence-corrected chi connectivity index (χ0v) is 14.6. The van der Waals surface area contributed by atoms with Crippen molar-refractivity contribution in [3.05, 3.63) is 45.6 Å². The predicted molar refractivity (Wildman–Crippen MR) is 83.6 cm³/mol. The molecule has 28 heavy (non-hydrogen) atoms. The van der Waals surface area contributed by atoms with Crippen molar-refractivity contribution in [2.24, 2.45) is 0 Å². The van der Waals surface area contributed by atoms with Gasteiger partial charge in [0.15, 0.2) is 0 Å². The van der Waals surface area contributed by atoms with Crippen LogP contribution in [-0.4, -0.2) is 30.4 Å². The largest absolute Gasteiger partial charge is 0.534 e. The number of aromatic nitrogens is 1. The molecule has 1 aromatic carbocycles. The number of pyridine rings is 1. The first-order chi connectivity index (χ1) is 12.8. The molecule has 2 rings (SSSR count). The first kappa shape index (κ1) is 21.6. The van der Waals surface area contributed by atoms with Crippen LogP contribution in [0.25, 0.3) is 11.1 Å². The number of hydrogen-bond donors (Lipinski definition) is 0. The SMILES string of the molecule is O=[N+]([O-])c1c(-c2ccc(OC(F)F)cc2Cl)ccnc1OS(=O)(=O)C(F)(F)F. The second-order valence-corrected chi connectivity index (χ2v) is 6.72. The van der Waals surface area contributed by atoms with Crippen molar-refractivity contribution in [2.75, 3.05) is 0 Å². The van der Waals surface area contributed by atoms with Crippen molar-refractivity contribution in [1.29, 1.82) is 0 Å². The normalized spacial score (nSPS) is 12.1. The Morgan fingerprint density at radius 3 is 2.32 bits per heavy atom. The molecule has 8 nitrogen and oxygen atoms in total. The minimum Gasteiger partial charge on any atom is -0.435 e. The lowest BCUT2D eigenvalue weighted by Gasteiger charge is -2.12. The number of hydrogen-bond acceptors (Lipinski definition) is 7. The summed E-state index contributed by atoms with van der Waals surface area (Å²) in [5.74, 6) is -1.85. The van der Waals surface area contributed by atoms with Crippen molar-refractivity contribution >= 4 is 27.4 Å². The molecule has 152 valence electrons. The molecule has 0 bridgehead atoms. The van der Waals surface area contributed by atoms with Gasteiger partial charge in [-0.15, -0.1) is 0 Å². The number of ether oxygens (including phenoxy) is 1. The van der Waals surface area contributed by atoms with Gasteiger partial charge in [-0.2, -0.15) is 30.4 Å². The maximum Gasteiger partial charge on any atom is 0.534 e. The van der Waals surface area contributed by atoms with Crippen molar-refractivity contribution in [3.63, 3.8) is 0 Å². The summed E-state index contributed by atoms with van der Waals surface area (Å²) in [5, 5.41) is 11.0. The van der Waals surface area contributed by atoms with Crippen LogP contribution >= 0.6 is 11.6 Å². The lowest BCUT2D eigenvalue weighted by atomic mass is 10.0. The molecule has 1 aromatic heterocycles. The van der Waals surface area contributed by atoms with Gasteiger partial charge in [-0.1, -0.05) is 11.6 Å². The molecule has 2 aromatic rings. The van der Waals surface area contributed by atoms with Gasteiger partial charge in [-0.25, -0.2) is 4.98 Å². The Kier molecular flexibility index (Phi) is 5.94. The summed E-state index contributed by atoms with van der Waals surface area (Å²) in [4.78, 5) is 13.2. The quantitative estimate of drug-likeness (QED) is 0.215. The first-order valence-electron chi connectivity index (χ1n) is 6.72. The maximum absolute atomic E-state index is 12.5. The summed E-state index contributed by atoms with van der Waals surface area (Å²) in [5.41, 5.74) is -7.77. The van der Waals surface area contributed by atoms with E-state index in [1.807, 2.05) is 0 Å². The second kappa shape index (κ2) is 7.71.